The van der Waals surface area contributed by atoms with E-state index in [1.165, 1.54) is 83.6 Å². The Morgan fingerprint density at radius 3 is 1.71 bits per heavy atom. The fraction of sp³-hybridized carbons (Fsp3) is 1.00. The van der Waals surface area contributed by atoms with Crippen LogP contribution in [0.4, 0.5) is 0 Å². The summed E-state index contributed by atoms with van der Waals surface area (Å²) in [4.78, 5) is 2.31. The molecule has 0 fully saturated rings. The summed E-state index contributed by atoms with van der Waals surface area (Å²) in [6.45, 7) is 6.88. The molecule has 0 spiro atoms. The highest BCUT2D eigenvalue weighted by atomic mass is 15.1. The second-order valence-corrected chi connectivity index (χ2v) is 6.88. The van der Waals surface area contributed by atoms with Crippen LogP contribution in [0.3, 0.4) is 0 Å². The molecule has 0 saturated heterocycles. The van der Waals surface area contributed by atoms with Crippen molar-refractivity contribution in [1.29, 1.82) is 0 Å². The summed E-state index contributed by atoms with van der Waals surface area (Å²) in [5.41, 5.74) is 0. The summed E-state index contributed by atoms with van der Waals surface area (Å²) in [6, 6.07) is 0.689. The van der Waals surface area contributed by atoms with Gasteiger partial charge in [0.15, 0.2) is 0 Å². The van der Waals surface area contributed by atoms with Crippen LogP contribution < -0.4 is 5.32 Å². The van der Waals surface area contributed by atoms with E-state index < -0.39 is 0 Å². The topological polar surface area (TPSA) is 15.3 Å². The second kappa shape index (κ2) is 16.3. The van der Waals surface area contributed by atoms with Crippen LogP contribution in [0.2, 0.25) is 0 Å². The summed E-state index contributed by atoms with van der Waals surface area (Å²) in [6.07, 6.45) is 16.9. The molecule has 0 radical (unpaired) electrons. The van der Waals surface area contributed by atoms with E-state index in [4.69, 9.17) is 0 Å². The zero-order valence-electron chi connectivity index (χ0n) is 15.4. The van der Waals surface area contributed by atoms with Crippen LogP contribution in [0.1, 0.15) is 90.9 Å². The van der Waals surface area contributed by atoms with E-state index in [-0.39, 0.29) is 0 Å². The summed E-state index contributed by atoms with van der Waals surface area (Å²) in [5.74, 6) is 0. The molecule has 1 N–H and O–H groups in total. The monoisotopic (exact) mass is 298 g/mol. The van der Waals surface area contributed by atoms with Gasteiger partial charge in [0.25, 0.3) is 0 Å². The molecule has 0 bridgehead atoms. The minimum absolute atomic E-state index is 0.689. The van der Waals surface area contributed by atoms with Crippen LogP contribution in [-0.2, 0) is 0 Å². The third kappa shape index (κ3) is 16.1. The zero-order chi connectivity index (χ0) is 15.8. The average Bonchev–Trinajstić information content (AvgIpc) is 2.46. The molecule has 128 valence electrons. The van der Waals surface area contributed by atoms with Gasteiger partial charge in [0, 0.05) is 12.6 Å². The highest BCUT2D eigenvalue weighted by Gasteiger charge is 2.08. The fourth-order valence-corrected chi connectivity index (χ4v) is 2.93. The molecule has 0 heterocycles. The SMILES string of the molecule is CCCCCCCCCCCCC(CN(C)C)NCCC. The minimum Gasteiger partial charge on any atom is -0.313 e. The van der Waals surface area contributed by atoms with E-state index in [1.54, 1.807) is 0 Å². The van der Waals surface area contributed by atoms with Crippen molar-refractivity contribution in [3.8, 4) is 0 Å². The van der Waals surface area contributed by atoms with Gasteiger partial charge >= 0.3 is 0 Å². The second-order valence-electron chi connectivity index (χ2n) is 6.88. The first-order valence-electron chi connectivity index (χ1n) is 9.58. The smallest absolute Gasteiger partial charge is 0.0194 e. The van der Waals surface area contributed by atoms with E-state index in [1.807, 2.05) is 0 Å². The number of likely N-dealkylation sites (N-methyl/N-ethyl adjacent to an activating group) is 1. The maximum Gasteiger partial charge on any atom is 0.0194 e. The highest BCUT2D eigenvalue weighted by Crippen LogP contribution is 2.12. The molecule has 1 atom stereocenters. The Hall–Kier alpha value is -0.0800. The summed E-state index contributed by atoms with van der Waals surface area (Å²) in [7, 11) is 4.36. The van der Waals surface area contributed by atoms with Gasteiger partial charge in [0.2, 0.25) is 0 Å². The first kappa shape index (κ1) is 20.9. The standard InChI is InChI=1S/C19H42N2/c1-5-7-8-9-10-11-12-13-14-15-16-19(18-21(3)4)20-17-6-2/h19-20H,5-18H2,1-4H3. The Bertz CT molecular complexity index is 192. The molecule has 0 aliphatic carbocycles. The Morgan fingerprint density at radius 2 is 1.24 bits per heavy atom. The molecule has 0 rings (SSSR count). The fourth-order valence-electron chi connectivity index (χ4n) is 2.93. The van der Waals surface area contributed by atoms with E-state index in [0.29, 0.717) is 6.04 Å². The zero-order valence-corrected chi connectivity index (χ0v) is 15.4. The van der Waals surface area contributed by atoms with Crippen molar-refractivity contribution in [2.75, 3.05) is 27.2 Å². The number of hydrogen-bond acceptors (Lipinski definition) is 2. The van der Waals surface area contributed by atoms with Crippen molar-refractivity contribution in [2.45, 2.75) is 96.9 Å². The molecule has 0 aromatic carbocycles. The predicted molar refractivity (Wildman–Crippen MR) is 97.1 cm³/mol. The van der Waals surface area contributed by atoms with Gasteiger partial charge in [0.1, 0.15) is 0 Å². The van der Waals surface area contributed by atoms with Gasteiger partial charge in [-0.3, -0.25) is 0 Å². The molecule has 0 aromatic heterocycles. The molecule has 21 heavy (non-hydrogen) atoms. The van der Waals surface area contributed by atoms with Crippen LogP contribution in [0.25, 0.3) is 0 Å². The number of nitrogens with one attached hydrogen (secondary N) is 1. The van der Waals surface area contributed by atoms with Gasteiger partial charge in [-0.05, 0) is 33.5 Å². The largest absolute Gasteiger partial charge is 0.313 e. The molecule has 1 unspecified atom stereocenters. The van der Waals surface area contributed by atoms with Crippen molar-refractivity contribution in [2.24, 2.45) is 0 Å². The van der Waals surface area contributed by atoms with Gasteiger partial charge in [-0.1, -0.05) is 78.1 Å². The van der Waals surface area contributed by atoms with E-state index >= 15 is 0 Å². The molecular weight excluding hydrogens is 256 g/mol. The lowest BCUT2D eigenvalue weighted by atomic mass is 10.0. The van der Waals surface area contributed by atoms with Crippen LogP contribution in [0, 0.1) is 0 Å². The highest BCUT2D eigenvalue weighted by molar-refractivity contribution is 4.69. The molecule has 2 heteroatoms. The van der Waals surface area contributed by atoms with E-state index in [0.717, 1.165) is 6.54 Å². The molecule has 0 aromatic rings. The Balaban J connectivity index is 3.40. The van der Waals surface area contributed by atoms with E-state index in [9.17, 15) is 0 Å². The lowest BCUT2D eigenvalue weighted by molar-refractivity contribution is 0.320. The van der Waals surface area contributed by atoms with Crippen LogP contribution in [0.15, 0.2) is 0 Å². The molecular formula is C19H42N2. The molecule has 0 amide bonds. The Morgan fingerprint density at radius 1 is 0.714 bits per heavy atom. The first-order valence-corrected chi connectivity index (χ1v) is 9.58. The predicted octanol–water partition coefficient (Wildman–Crippen LogP) is 5.23. The molecule has 0 aliphatic heterocycles. The van der Waals surface area contributed by atoms with Crippen molar-refractivity contribution in [1.82, 2.24) is 10.2 Å². The summed E-state index contributed by atoms with van der Waals surface area (Å²) >= 11 is 0. The summed E-state index contributed by atoms with van der Waals surface area (Å²) in [5, 5.41) is 3.69. The van der Waals surface area contributed by atoms with Crippen molar-refractivity contribution in [3.63, 3.8) is 0 Å². The van der Waals surface area contributed by atoms with Crippen LogP contribution in [0.5, 0.6) is 0 Å². The normalized spacial score (nSPS) is 13.0. The molecule has 0 aliphatic rings. The Kier molecular flexibility index (Phi) is 16.2. The number of unbranched alkanes of at least 4 members (excludes halogenated alkanes) is 9. The lowest BCUT2D eigenvalue weighted by Crippen LogP contribution is -2.38. The lowest BCUT2D eigenvalue weighted by Gasteiger charge is -2.22. The third-order valence-corrected chi connectivity index (χ3v) is 4.17. The molecule has 2 nitrogen and oxygen atoms in total. The quantitative estimate of drug-likeness (QED) is 0.393. The van der Waals surface area contributed by atoms with Crippen molar-refractivity contribution < 1.29 is 0 Å². The first-order chi connectivity index (χ1) is 10.2. The van der Waals surface area contributed by atoms with Gasteiger partial charge in [0.05, 0.1) is 0 Å². The molecule has 0 saturated carbocycles. The van der Waals surface area contributed by atoms with Crippen molar-refractivity contribution >= 4 is 0 Å². The van der Waals surface area contributed by atoms with Gasteiger partial charge in [-0.25, -0.2) is 0 Å². The van der Waals surface area contributed by atoms with Crippen molar-refractivity contribution in [3.05, 3.63) is 0 Å². The van der Waals surface area contributed by atoms with Crippen LogP contribution >= 0.6 is 0 Å². The maximum atomic E-state index is 3.69. The Labute approximate surface area is 135 Å². The number of rotatable bonds is 16. The minimum atomic E-state index is 0.689. The van der Waals surface area contributed by atoms with Gasteiger partial charge < -0.3 is 10.2 Å². The van der Waals surface area contributed by atoms with Gasteiger partial charge in [-0.15, -0.1) is 0 Å². The average molecular weight is 299 g/mol. The van der Waals surface area contributed by atoms with Crippen LogP contribution in [-0.4, -0.2) is 38.1 Å². The maximum absolute atomic E-state index is 3.69. The van der Waals surface area contributed by atoms with E-state index in [2.05, 4.69) is 38.2 Å². The van der Waals surface area contributed by atoms with Gasteiger partial charge in [-0.2, -0.15) is 0 Å². The summed E-state index contributed by atoms with van der Waals surface area (Å²) < 4.78 is 0. The number of hydrogen-bond donors (Lipinski definition) is 1. The number of nitrogens with zero attached hydrogens (tertiary/aromatic N) is 1. The third-order valence-electron chi connectivity index (χ3n) is 4.17.